The molecule has 0 fully saturated rings. The molecule has 1 unspecified atom stereocenters. The highest BCUT2D eigenvalue weighted by molar-refractivity contribution is 7.10. The van der Waals surface area contributed by atoms with E-state index in [-0.39, 0.29) is 6.04 Å². The summed E-state index contributed by atoms with van der Waals surface area (Å²) in [5, 5.41) is 5.33. The van der Waals surface area contributed by atoms with E-state index < -0.39 is 6.55 Å². The van der Waals surface area contributed by atoms with Crippen molar-refractivity contribution in [1.29, 1.82) is 0 Å². The summed E-state index contributed by atoms with van der Waals surface area (Å²) in [5.41, 5.74) is 2.28. The lowest BCUT2D eigenvalue weighted by Crippen LogP contribution is -2.22. The highest BCUT2D eigenvalue weighted by Gasteiger charge is 2.21. The number of thiophene rings is 1. The lowest BCUT2D eigenvalue weighted by atomic mass is 10.2. The molecule has 0 aliphatic rings. The molecule has 1 atom stereocenters. The first-order valence-electron chi connectivity index (χ1n) is 7.09. The summed E-state index contributed by atoms with van der Waals surface area (Å²) in [7, 11) is 0. The maximum absolute atomic E-state index is 13.4. The average Bonchev–Trinajstić information content (AvgIpc) is 3.08. The zero-order chi connectivity index (χ0) is 15.7. The van der Waals surface area contributed by atoms with Crippen molar-refractivity contribution in [2.75, 3.05) is 0 Å². The largest absolute Gasteiger partial charge is 0.320 e. The molecular formula is C16H17F2N3S. The Bertz CT molecular complexity index is 779. The zero-order valence-corrected chi connectivity index (χ0v) is 13.2. The molecule has 0 bridgehead atoms. The first-order chi connectivity index (χ1) is 10.6. The molecule has 0 aliphatic carbocycles. The van der Waals surface area contributed by atoms with Crippen LogP contribution in [0.2, 0.25) is 0 Å². The number of para-hydroxylation sites is 2. The van der Waals surface area contributed by atoms with Crippen LogP contribution in [0.1, 0.15) is 35.8 Å². The van der Waals surface area contributed by atoms with Gasteiger partial charge in [-0.05, 0) is 43.0 Å². The molecular weight excluding hydrogens is 304 g/mol. The van der Waals surface area contributed by atoms with Crippen LogP contribution in [0.3, 0.4) is 0 Å². The van der Waals surface area contributed by atoms with Gasteiger partial charge in [-0.25, -0.2) is 4.98 Å². The highest BCUT2D eigenvalue weighted by atomic mass is 32.1. The summed E-state index contributed by atoms with van der Waals surface area (Å²) in [6, 6.07) is 8.78. The number of aromatic nitrogens is 2. The third-order valence-electron chi connectivity index (χ3n) is 3.74. The Morgan fingerprint density at radius 2 is 2.05 bits per heavy atom. The number of aryl methyl sites for hydroxylation is 1. The number of benzene rings is 1. The van der Waals surface area contributed by atoms with Crippen molar-refractivity contribution in [1.82, 2.24) is 14.9 Å². The number of halogens is 2. The topological polar surface area (TPSA) is 29.9 Å². The number of hydrogen-bond donors (Lipinski definition) is 1. The lowest BCUT2D eigenvalue weighted by molar-refractivity contribution is 0.0698. The van der Waals surface area contributed by atoms with E-state index in [0.29, 0.717) is 23.4 Å². The number of rotatable bonds is 5. The highest BCUT2D eigenvalue weighted by Crippen LogP contribution is 2.27. The Balaban J connectivity index is 1.88. The molecule has 3 aromatic rings. The number of hydrogen-bond acceptors (Lipinski definition) is 3. The van der Waals surface area contributed by atoms with Gasteiger partial charge in [-0.2, -0.15) is 8.78 Å². The molecule has 0 saturated heterocycles. The Labute approximate surface area is 131 Å². The van der Waals surface area contributed by atoms with Gasteiger partial charge in [0.2, 0.25) is 0 Å². The van der Waals surface area contributed by atoms with Gasteiger partial charge in [0.1, 0.15) is 5.82 Å². The molecule has 0 saturated carbocycles. The summed E-state index contributed by atoms with van der Waals surface area (Å²) in [6.45, 7) is 1.96. The molecule has 0 spiro atoms. The molecule has 116 valence electrons. The lowest BCUT2D eigenvalue weighted by Gasteiger charge is -2.15. The Morgan fingerprint density at radius 3 is 2.73 bits per heavy atom. The predicted octanol–water partition coefficient (Wildman–Crippen LogP) is 4.65. The normalized spacial score (nSPS) is 13.1. The number of nitrogens with zero attached hydrogens (tertiary/aromatic N) is 2. The van der Waals surface area contributed by atoms with E-state index in [0.717, 1.165) is 4.57 Å². The Kier molecular flexibility index (Phi) is 4.22. The number of fused-ring (bicyclic) bond motifs is 1. The van der Waals surface area contributed by atoms with Crippen molar-refractivity contribution in [2.24, 2.45) is 0 Å². The maximum Gasteiger partial charge on any atom is 0.320 e. The second kappa shape index (κ2) is 6.14. The van der Waals surface area contributed by atoms with Gasteiger partial charge in [0, 0.05) is 11.4 Å². The summed E-state index contributed by atoms with van der Waals surface area (Å²) in [5.74, 6) is 0.366. The maximum atomic E-state index is 13.4. The van der Waals surface area contributed by atoms with Crippen molar-refractivity contribution in [3.8, 4) is 0 Å². The van der Waals surface area contributed by atoms with Crippen LogP contribution < -0.4 is 5.32 Å². The Hall–Kier alpha value is -1.79. The van der Waals surface area contributed by atoms with Crippen LogP contribution in [0.4, 0.5) is 8.78 Å². The molecule has 3 rings (SSSR count). The molecule has 22 heavy (non-hydrogen) atoms. The quantitative estimate of drug-likeness (QED) is 0.741. The van der Waals surface area contributed by atoms with Gasteiger partial charge in [0.25, 0.3) is 0 Å². The second-order valence-corrected chi connectivity index (χ2v) is 6.24. The fourth-order valence-corrected chi connectivity index (χ4v) is 3.35. The third kappa shape index (κ3) is 2.76. The third-order valence-corrected chi connectivity index (χ3v) is 4.77. The first kappa shape index (κ1) is 15.1. The second-order valence-electron chi connectivity index (χ2n) is 5.24. The van der Waals surface area contributed by atoms with Crippen molar-refractivity contribution >= 4 is 22.4 Å². The minimum atomic E-state index is -2.60. The number of nitrogens with one attached hydrogen (secondary N) is 1. The van der Waals surface area contributed by atoms with E-state index in [1.54, 1.807) is 29.5 Å². The molecule has 0 radical (unpaired) electrons. The number of alkyl halides is 2. The minimum absolute atomic E-state index is 0.261. The van der Waals surface area contributed by atoms with E-state index >= 15 is 0 Å². The average molecular weight is 321 g/mol. The molecule has 3 nitrogen and oxygen atoms in total. The molecule has 0 aliphatic heterocycles. The number of imidazole rings is 1. The van der Waals surface area contributed by atoms with Gasteiger partial charge in [-0.3, -0.25) is 4.57 Å². The summed E-state index contributed by atoms with van der Waals surface area (Å²) >= 11 is 1.66. The van der Waals surface area contributed by atoms with Crippen LogP contribution in [0.25, 0.3) is 11.0 Å². The van der Waals surface area contributed by atoms with E-state index in [9.17, 15) is 8.78 Å². The van der Waals surface area contributed by atoms with Crippen LogP contribution in [0.15, 0.2) is 35.7 Å². The van der Waals surface area contributed by atoms with Gasteiger partial charge in [-0.15, -0.1) is 11.3 Å². The van der Waals surface area contributed by atoms with E-state index in [2.05, 4.69) is 16.4 Å². The summed E-state index contributed by atoms with van der Waals surface area (Å²) < 4.78 is 27.9. The van der Waals surface area contributed by atoms with E-state index in [4.69, 9.17) is 0 Å². The van der Waals surface area contributed by atoms with Crippen LogP contribution >= 0.6 is 11.3 Å². The van der Waals surface area contributed by atoms with Crippen molar-refractivity contribution < 1.29 is 8.78 Å². The monoisotopic (exact) mass is 321 g/mol. The molecule has 2 heterocycles. The van der Waals surface area contributed by atoms with E-state index in [1.165, 1.54) is 10.4 Å². The molecule has 6 heteroatoms. The predicted molar refractivity (Wildman–Crippen MR) is 85.3 cm³/mol. The van der Waals surface area contributed by atoms with Gasteiger partial charge in [0.15, 0.2) is 0 Å². The smallest absolute Gasteiger partial charge is 0.303 e. The fraction of sp³-hybridized carbons (Fsp3) is 0.312. The standard InChI is InChI=1S/C16H17F2N3S/c1-10-7-8-22-14(10)9-19-11(2)15-20-12-5-3-4-6-13(12)21(15)16(17)18/h3-8,11,16,19H,9H2,1-2H3. The van der Waals surface area contributed by atoms with Crippen LogP contribution in [-0.2, 0) is 6.54 Å². The van der Waals surface area contributed by atoms with E-state index in [1.807, 2.05) is 25.3 Å². The molecule has 1 N–H and O–H groups in total. The summed E-state index contributed by atoms with van der Waals surface area (Å²) in [6.07, 6.45) is 0. The molecule has 1 aromatic carbocycles. The van der Waals surface area contributed by atoms with Crippen LogP contribution in [0.5, 0.6) is 0 Å². The van der Waals surface area contributed by atoms with Crippen molar-refractivity contribution in [3.63, 3.8) is 0 Å². The fourth-order valence-electron chi connectivity index (χ4n) is 2.50. The van der Waals surface area contributed by atoms with Gasteiger partial charge in [-0.1, -0.05) is 12.1 Å². The van der Waals surface area contributed by atoms with Gasteiger partial charge in [0.05, 0.1) is 17.1 Å². The summed E-state index contributed by atoms with van der Waals surface area (Å²) in [4.78, 5) is 5.59. The zero-order valence-electron chi connectivity index (χ0n) is 12.4. The SMILES string of the molecule is Cc1ccsc1CNC(C)c1nc2ccccc2n1C(F)F. The molecule has 0 amide bonds. The first-order valence-corrected chi connectivity index (χ1v) is 7.97. The minimum Gasteiger partial charge on any atom is -0.303 e. The van der Waals surface area contributed by atoms with Gasteiger partial charge >= 0.3 is 6.55 Å². The van der Waals surface area contributed by atoms with Crippen molar-refractivity contribution in [3.05, 3.63) is 52.0 Å². The van der Waals surface area contributed by atoms with Crippen molar-refractivity contribution in [2.45, 2.75) is 33.0 Å². The van der Waals surface area contributed by atoms with Crippen LogP contribution in [-0.4, -0.2) is 9.55 Å². The Morgan fingerprint density at radius 1 is 1.27 bits per heavy atom. The molecule has 2 aromatic heterocycles. The van der Waals surface area contributed by atoms with Gasteiger partial charge < -0.3 is 5.32 Å². The van der Waals surface area contributed by atoms with Crippen LogP contribution in [0, 0.1) is 6.92 Å².